The second kappa shape index (κ2) is 7.29. The molecule has 0 unspecified atom stereocenters. The molecule has 6 nitrogen and oxygen atoms in total. The number of aromatic nitrogens is 4. The molecule has 3 aromatic rings. The van der Waals surface area contributed by atoms with Crippen LogP contribution < -0.4 is 10.2 Å². The van der Waals surface area contributed by atoms with Gasteiger partial charge in [0.1, 0.15) is 5.82 Å². The highest BCUT2D eigenvalue weighted by Gasteiger charge is 2.36. The number of hydrogen-bond donors (Lipinski definition) is 1. The molecule has 1 saturated heterocycles. The summed E-state index contributed by atoms with van der Waals surface area (Å²) in [5.41, 5.74) is 2.81. The maximum atomic E-state index is 13.0. The van der Waals surface area contributed by atoms with Crippen molar-refractivity contribution in [1.82, 2.24) is 19.6 Å². The van der Waals surface area contributed by atoms with Gasteiger partial charge in [0, 0.05) is 37.1 Å². The third kappa shape index (κ3) is 3.74. The van der Waals surface area contributed by atoms with Gasteiger partial charge in [-0.15, -0.1) is 5.10 Å². The van der Waals surface area contributed by atoms with Gasteiger partial charge in [-0.3, -0.25) is 0 Å². The number of para-hydroxylation sites is 1. The molecule has 0 amide bonds. The topological polar surface area (TPSA) is 58.4 Å². The van der Waals surface area contributed by atoms with Crippen molar-refractivity contribution < 1.29 is 13.2 Å². The average molecular weight is 390 g/mol. The van der Waals surface area contributed by atoms with E-state index in [1.54, 1.807) is 13.0 Å². The number of fused-ring (bicyclic) bond motifs is 1. The fraction of sp³-hybridized carbons (Fsp3) is 0.421. The fourth-order valence-corrected chi connectivity index (χ4v) is 3.52. The summed E-state index contributed by atoms with van der Waals surface area (Å²) in [4.78, 5) is 9.94. The summed E-state index contributed by atoms with van der Waals surface area (Å²) >= 11 is 0. The number of alkyl halides is 3. The summed E-state index contributed by atoms with van der Waals surface area (Å²) in [5, 5.41) is 6.81. The van der Waals surface area contributed by atoms with Crippen LogP contribution >= 0.6 is 0 Å². The fourth-order valence-electron chi connectivity index (χ4n) is 3.52. The molecule has 0 aliphatic carbocycles. The smallest absolute Gasteiger partial charge is 0.371 e. The maximum Gasteiger partial charge on any atom is 0.453 e. The molecule has 0 bridgehead atoms. The molecule has 0 atom stereocenters. The summed E-state index contributed by atoms with van der Waals surface area (Å²) < 4.78 is 40.0. The third-order valence-electron chi connectivity index (χ3n) is 4.84. The van der Waals surface area contributed by atoms with Crippen molar-refractivity contribution in [3.8, 4) is 0 Å². The highest BCUT2D eigenvalue weighted by atomic mass is 19.4. The Morgan fingerprint density at radius 2 is 1.82 bits per heavy atom. The molecule has 28 heavy (non-hydrogen) atoms. The Morgan fingerprint density at radius 3 is 2.57 bits per heavy atom. The van der Waals surface area contributed by atoms with Gasteiger partial charge in [-0.25, -0.2) is 4.98 Å². The van der Waals surface area contributed by atoms with Crippen molar-refractivity contribution >= 4 is 17.3 Å². The van der Waals surface area contributed by atoms with Crippen molar-refractivity contribution in [3.63, 3.8) is 0 Å². The number of piperidine rings is 1. The second-order valence-electron chi connectivity index (χ2n) is 6.96. The largest absolute Gasteiger partial charge is 0.453 e. The summed E-state index contributed by atoms with van der Waals surface area (Å²) in [6.45, 7) is 4.22. The van der Waals surface area contributed by atoms with Crippen LogP contribution in [0.15, 0.2) is 30.3 Å². The first-order valence-electron chi connectivity index (χ1n) is 9.30. The molecule has 1 N–H and O–H groups in total. The molecule has 0 saturated carbocycles. The zero-order chi connectivity index (χ0) is 19.7. The predicted octanol–water partition coefficient (Wildman–Crippen LogP) is 4.05. The molecule has 0 spiro atoms. The van der Waals surface area contributed by atoms with Crippen molar-refractivity contribution in [1.29, 1.82) is 0 Å². The Balaban J connectivity index is 1.62. The molecule has 9 heteroatoms. The van der Waals surface area contributed by atoms with E-state index in [2.05, 4.69) is 31.3 Å². The lowest BCUT2D eigenvalue weighted by Crippen LogP contribution is -2.30. The molecule has 4 rings (SSSR count). The normalized spacial score (nSPS) is 15.2. The summed E-state index contributed by atoms with van der Waals surface area (Å²) in [7, 11) is 0. The molecule has 1 aliphatic heterocycles. The number of rotatable bonds is 4. The van der Waals surface area contributed by atoms with E-state index < -0.39 is 12.0 Å². The quantitative estimate of drug-likeness (QED) is 0.728. The minimum Gasteiger partial charge on any atom is -0.371 e. The van der Waals surface area contributed by atoms with E-state index in [1.807, 2.05) is 18.2 Å². The molecule has 1 aromatic carbocycles. The summed E-state index contributed by atoms with van der Waals surface area (Å²) in [5.74, 6) is -0.833. The van der Waals surface area contributed by atoms with Gasteiger partial charge in [0.2, 0.25) is 0 Å². The van der Waals surface area contributed by atoms with E-state index in [1.165, 1.54) is 19.3 Å². The van der Waals surface area contributed by atoms with E-state index in [0.717, 1.165) is 28.9 Å². The van der Waals surface area contributed by atoms with Crippen LogP contribution in [0.25, 0.3) is 5.78 Å². The molecule has 2 aromatic heterocycles. The number of aryl methyl sites for hydroxylation is 1. The molecule has 1 fully saturated rings. The molecular weight excluding hydrogens is 369 g/mol. The Labute approximate surface area is 160 Å². The number of nitrogens with zero attached hydrogens (tertiary/aromatic N) is 5. The first-order chi connectivity index (χ1) is 13.4. The highest BCUT2D eigenvalue weighted by Crippen LogP contribution is 2.28. The molecule has 3 heterocycles. The lowest BCUT2D eigenvalue weighted by Gasteiger charge is -2.30. The zero-order valence-corrected chi connectivity index (χ0v) is 15.5. The van der Waals surface area contributed by atoms with E-state index >= 15 is 0 Å². The average Bonchev–Trinajstić information content (AvgIpc) is 3.11. The third-order valence-corrected chi connectivity index (χ3v) is 4.84. The molecular formula is C19H21F3N6. The molecule has 0 radical (unpaired) electrons. The number of hydrogen-bond acceptors (Lipinski definition) is 5. The highest BCUT2D eigenvalue weighted by molar-refractivity contribution is 5.56. The van der Waals surface area contributed by atoms with Crippen LogP contribution in [0.3, 0.4) is 0 Å². The van der Waals surface area contributed by atoms with Crippen molar-refractivity contribution in [3.05, 3.63) is 47.4 Å². The lowest BCUT2D eigenvalue weighted by atomic mass is 10.1. The van der Waals surface area contributed by atoms with Gasteiger partial charge in [0.15, 0.2) is 0 Å². The van der Waals surface area contributed by atoms with Gasteiger partial charge in [-0.05, 0) is 37.8 Å². The van der Waals surface area contributed by atoms with Crippen molar-refractivity contribution in [2.45, 2.75) is 38.9 Å². The second-order valence-corrected chi connectivity index (χ2v) is 6.96. The molecule has 1 aliphatic rings. The van der Waals surface area contributed by atoms with Crippen LogP contribution in [-0.2, 0) is 12.7 Å². The van der Waals surface area contributed by atoms with Gasteiger partial charge in [0.05, 0.1) is 0 Å². The zero-order valence-electron chi connectivity index (χ0n) is 15.5. The van der Waals surface area contributed by atoms with Gasteiger partial charge in [0.25, 0.3) is 11.6 Å². The first-order valence-corrected chi connectivity index (χ1v) is 9.30. The lowest BCUT2D eigenvalue weighted by molar-refractivity contribution is -0.144. The van der Waals surface area contributed by atoms with Gasteiger partial charge in [-0.2, -0.15) is 22.7 Å². The van der Waals surface area contributed by atoms with Crippen LogP contribution in [0.2, 0.25) is 0 Å². The van der Waals surface area contributed by atoms with E-state index in [-0.39, 0.29) is 5.78 Å². The van der Waals surface area contributed by atoms with Gasteiger partial charge >= 0.3 is 6.18 Å². The minimum absolute atomic E-state index is 0.0702. The number of nitrogens with one attached hydrogen (secondary N) is 1. The van der Waals surface area contributed by atoms with E-state index in [9.17, 15) is 13.2 Å². The van der Waals surface area contributed by atoms with Crippen LogP contribution in [-0.4, -0.2) is 32.7 Å². The van der Waals surface area contributed by atoms with Gasteiger partial charge in [-0.1, -0.05) is 18.2 Å². The number of halogens is 3. The summed E-state index contributed by atoms with van der Waals surface area (Å²) in [6.07, 6.45) is -1.02. The van der Waals surface area contributed by atoms with Crippen molar-refractivity contribution in [2.24, 2.45) is 0 Å². The molecule has 148 valence electrons. The minimum atomic E-state index is -4.61. The maximum absolute atomic E-state index is 13.0. The number of anilines is 2. The van der Waals surface area contributed by atoms with E-state index in [0.29, 0.717) is 18.1 Å². The first kappa shape index (κ1) is 18.5. The Bertz CT molecular complexity index is 975. The van der Waals surface area contributed by atoms with Crippen molar-refractivity contribution in [2.75, 3.05) is 23.3 Å². The van der Waals surface area contributed by atoms with Crippen LogP contribution in [0.5, 0.6) is 0 Å². The predicted molar refractivity (Wildman–Crippen MR) is 100 cm³/mol. The Morgan fingerprint density at radius 1 is 1.07 bits per heavy atom. The SMILES string of the molecule is Cc1cc(NCc2ccccc2N2CCCCC2)n2nc(C(F)(F)F)nc2n1. The number of benzene rings is 1. The van der Waals surface area contributed by atoms with Gasteiger partial charge < -0.3 is 10.2 Å². The monoisotopic (exact) mass is 390 g/mol. The standard InChI is InChI=1S/C19H21F3N6/c1-13-11-16(28-18(24-13)25-17(26-28)19(20,21)22)23-12-14-7-3-4-8-15(14)27-9-5-2-6-10-27/h3-4,7-8,11,23H,2,5-6,9-10,12H2,1H3. The Hall–Kier alpha value is -2.84. The Kier molecular flexibility index (Phi) is 4.82. The summed E-state index contributed by atoms with van der Waals surface area (Å²) in [6, 6.07) is 9.77. The van der Waals surface area contributed by atoms with E-state index in [4.69, 9.17) is 0 Å². The van der Waals surface area contributed by atoms with Crippen LogP contribution in [0, 0.1) is 6.92 Å². The van der Waals surface area contributed by atoms with Crippen LogP contribution in [0.1, 0.15) is 36.3 Å². The van der Waals surface area contributed by atoms with Crippen LogP contribution in [0.4, 0.5) is 24.7 Å².